The molecule has 2 aromatic heterocycles. The van der Waals surface area contributed by atoms with E-state index in [0.717, 1.165) is 0 Å². The summed E-state index contributed by atoms with van der Waals surface area (Å²) in [5, 5.41) is 19.9. The molecular weight excluding hydrogens is 219 g/mol. The van der Waals surface area contributed by atoms with Gasteiger partial charge in [0.1, 0.15) is 0 Å². The van der Waals surface area contributed by atoms with E-state index in [4.69, 9.17) is 0 Å². The van der Waals surface area contributed by atoms with E-state index in [0.29, 0.717) is 0 Å². The fraction of sp³-hybridized carbons (Fsp3) is 0.500. The van der Waals surface area contributed by atoms with E-state index in [1.54, 1.807) is 14.1 Å². The summed E-state index contributed by atoms with van der Waals surface area (Å²) in [7, 11) is 3.42. The zero-order valence-electron chi connectivity index (χ0n) is 6.89. The Bertz CT molecular complexity index is 256. The standard InChI is InChI=1S/2C2H3N4.Ni/c2*1-6-2-3-4-5-6;/h2*1H3;/q2*-1;+2. The Morgan fingerprint density at radius 3 is 1.31 bits per heavy atom. The Labute approximate surface area is 84.2 Å². The van der Waals surface area contributed by atoms with E-state index >= 15 is 0 Å². The van der Waals surface area contributed by atoms with Gasteiger partial charge in [-0.05, 0) is 14.1 Å². The topological polar surface area (TPSA) is 87.2 Å². The van der Waals surface area contributed by atoms with Gasteiger partial charge in [-0.15, -0.1) is 0 Å². The minimum atomic E-state index is 0. The monoisotopic (exact) mass is 224 g/mol. The fourth-order valence-electron chi connectivity index (χ4n) is 0.369. The smallest absolute Gasteiger partial charge is 0.410 e. The number of aryl methyl sites for hydroxylation is 2. The van der Waals surface area contributed by atoms with Crippen LogP contribution in [0.15, 0.2) is 0 Å². The molecule has 0 fully saturated rings. The van der Waals surface area contributed by atoms with Crippen LogP contribution in [0.3, 0.4) is 0 Å². The number of nitrogens with zero attached hydrogens (tertiary/aromatic N) is 8. The number of tetrazole rings is 2. The molecule has 8 nitrogen and oxygen atoms in total. The second kappa shape index (κ2) is 6.18. The van der Waals surface area contributed by atoms with Crippen molar-refractivity contribution in [3.63, 3.8) is 0 Å². The summed E-state index contributed by atoms with van der Waals surface area (Å²) in [6, 6.07) is 0. The Hall–Kier alpha value is -1.37. The average molecular weight is 225 g/mol. The van der Waals surface area contributed by atoms with Gasteiger partial charge in [-0.2, -0.15) is 0 Å². The summed E-state index contributed by atoms with van der Waals surface area (Å²) >= 11 is 0. The van der Waals surface area contributed by atoms with Gasteiger partial charge in [-0.3, -0.25) is 0 Å². The van der Waals surface area contributed by atoms with E-state index < -0.39 is 0 Å². The first-order valence-electron chi connectivity index (χ1n) is 2.99. The largest absolute Gasteiger partial charge is 2.00 e. The summed E-state index contributed by atoms with van der Waals surface area (Å²) in [6.45, 7) is 0. The van der Waals surface area contributed by atoms with Crippen LogP contribution >= 0.6 is 0 Å². The minimum Gasteiger partial charge on any atom is -0.410 e. The van der Waals surface area contributed by atoms with Crippen LogP contribution in [-0.4, -0.2) is 40.4 Å². The van der Waals surface area contributed by atoms with Gasteiger partial charge in [0.2, 0.25) is 0 Å². The Morgan fingerprint density at radius 1 is 0.846 bits per heavy atom. The third kappa shape index (κ3) is 4.97. The van der Waals surface area contributed by atoms with Crippen LogP contribution in [0.25, 0.3) is 0 Å². The molecule has 72 valence electrons. The third-order valence-electron chi connectivity index (χ3n) is 0.817. The Morgan fingerprint density at radius 2 is 1.23 bits per heavy atom. The Balaban J connectivity index is 0.000000206. The molecule has 2 rings (SSSR count). The first kappa shape index (κ1) is 11.6. The second-order valence-corrected chi connectivity index (χ2v) is 1.80. The maximum atomic E-state index is 3.42. The van der Waals surface area contributed by atoms with Crippen molar-refractivity contribution >= 4 is 0 Å². The van der Waals surface area contributed by atoms with E-state index in [2.05, 4.69) is 43.7 Å². The SMILES string of the molecule is Cn1[c-]nnn1.Cn1[c-]nnn1.[Ni+2]. The molecule has 0 atom stereocenters. The molecule has 0 aliphatic carbocycles. The van der Waals surface area contributed by atoms with E-state index in [-0.39, 0.29) is 16.5 Å². The van der Waals surface area contributed by atoms with Gasteiger partial charge in [0.05, 0.1) is 0 Å². The molecule has 0 spiro atoms. The van der Waals surface area contributed by atoms with E-state index in [1.807, 2.05) is 0 Å². The summed E-state index contributed by atoms with van der Waals surface area (Å²) in [4.78, 5) is 0. The molecule has 2 heterocycles. The van der Waals surface area contributed by atoms with Crippen LogP contribution in [0.1, 0.15) is 0 Å². The maximum absolute atomic E-state index is 3.42. The quantitative estimate of drug-likeness (QED) is 0.381. The molecule has 0 aliphatic heterocycles. The van der Waals surface area contributed by atoms with Crippen LogP contribution in [0.5, 0.6) is 0 Å². The molecule has 9 heteroatoms. The molecule has 0 amide bonds. The first-order chi connectivity index (χ1) is 5.79. The van der Waals surface area contributed by atoms with Gasteiger partial charge in [0, 0.05) is 0 Å². The van der Waals surface area contributed by atoms with Crippen LogP contribution < -0.4 is 0 Å². The zero-order chi connectivity index (χ0) is 8.81. The van der Waals surface area contributed by atoms with Gasteiger partial charge < -0.3 is 19.6 Å². The number of aromatic nitrogens is 8. The predicted molar refractivity (Wildman–Crippen MR) is 35.3 cm³/mol. The van der Waals surface area contributed by atoms with Crippen molar-refractivity contribution in [3.05, 3.63) is 12.7 Å². The van der Waals surface area contributed by atoms with Crippen molar-refractivity contribution in [2.45, 2.75) is 0 Å². The maximum Gasteiger partial charge on any atom is 2.00 e. The summed E-state index contributed by atoms with van der Waals surface area (Å²) in [5.41, 5.74) is 0. The summed E-state index contributed by atoms with van der Waals surface area (Å²) in [6.07, 6.45) is 4.89. The molecule has 0 saturated carbocycles. The number of hydrogen-bond donors (Lipinski definition) is 0. The first-order valence-corrected chi connectivity index (χ1v) is 2.99. The van der Waals surface area contributed by atoms with Crippen LogP contribution in [0.2, 0.25) is 0 Å². The molecule has 0 N–H and O–H groups in total. The second-order valence-electron chi connectivity index (χ2n) is 1.80. The average Bonchev–Trinajstić information content (AvgIpc) is 2.63. The molecule has 0 aromatic carbocycles. The molecule has 0 radical (unpaired) electrons. The van der Waals surface area contributed by atoms with Crippen LogP contribution in [0.4, 0.5) is 0 Å². The normalized spacial score (nSPS) is 8.15. The number of hydrogen-bond acceptors (Lipinski definition) is 6. The zero-order valence-corrected chi connectivity index (χ0v) is 7.88. The van der Waals surface area contributed by atoms with Gasteiger partial charge >= 0.3 is 16.5 Å². The van der Waals surface area contributed by atoms with Crippen molar-refractivity contribution in [3.8, 4) is 0 Å². The van der Waals surface area contributed by atoms with Crippen molar-refractivity contribution in [1.29, 1.82) is 0 Å². The van der Waals surface area contributed by atoms with Crippen molar-refractivity contribution < 1.29 is 16.5 Å². The van der Waals surface area contributed by atoms with Crippen LogP contribution in [0, 0.1) is 12.7 Å². The Kier molecular flexibility index (Phi) is 5.53. The molecule has 2 aromatic rings. The van der Waals surface area contributed by atoms with Gasteiger partial charge in [-0.25, -0.2) is 12.7 Å². The van der Waals surface area contributed by atoms with Gasteiger partial charge in [0.25, 0.3) is 0 Å². The van der Waals surface area contributed by atoms with Crippen molar-refractivity contribution in [1.82, 2.24) is 40.4 Å². The van der Waals surface area contributed by atoms with E-state index in [9.17, 15) is 0 Å². The molecule has 0 unspecified atom stereocenters. The van der Waals surface area contributed by atoms with Gasteiger partial charge in [0.15, 0.2) is 0 Å². The van der Waals surface area contributed by atoms with Gasteiger partial charge in [-0.1, -0.05) is 20.9 Å². The third-order valence-corrected chi connectivity index (χ3v) is 0.817. The minimum absolute atomic E-state index is 0. The summed E-state index contributed by atoms with van der Waals surface area (Å²) in [5.74, 6) is 0. The van der Waals surface area contributed by atoms with E-state index in [1.165, 1.54) is 9.36 Å². The fourth-order valence-corrected chi connectivity index (χ4v) is 0.369. The van der Waals surface area contributed by atoms with Crippen LogP contribution in [-0.2, 0) is 30.6 Å². The molecular formula is C4H6N8Ni. The molecule has 0 aliphatic rings. The summed E-state index contributed by atoms with van der Waals surface area (Å²) < 4.78 is 2.81. The molecule has 0 bridgehead atoms. The van der Waals surface area contributed by atoms with Crippen molar-refractivity contribution in [2.75, 3.05) is 0 Å². The predicted octanol–water partition coefficient (Wildman–Crippen LogP) is -1.98. The molecule has 13 heavy (non-hydrogen) atoms. The molecule has 0 saturated heterocycles. The number of rotatable bonds is 0. The van der Waals surface area contributed by atoms with Crippen molar-refractivity contribution in [2.24, 2.45) is 14.1 Å².